The number of piperazine rings is 1. The van der Waals surface area contributed by atoms with Crippen molar-refractivity contribution in [1.82, 2.24) is 25.0 Å². The fourth-order valence-electron chi connectivity index (χ4n) is 2.64. The number of nitro groups is 1. The second-order valence-corrected chi connectivity index (χ2v) is 6.88. The lowest BCUT2D eigenvalue weighted by Gasteiger charge is -2.31. The van der Waals surface area contributed by atoms with Gasteiger partial charge in [-0.3, -0.25) is 14.9 Å². The Labute approximate surface area is 148 Å². The Bertz CT molecular complexity index is 808. The molecule has 2 heterocycles. The van der Waals surface area contributed by atoms with Crippen molar-refractivity contribution in [3.8, 4) is 0 Å². The van der Waals surface area contributed by atoms with Crippen LogP contribution in [0.3, 0.4) is 0 Å². The van der Waals surface area contributed by atoms with Gasteiger partial charge in [-0.15, -0.1) is 10.2 Å². The van der Waals surface area contributed by atoms with E-state index in [-0.39, 0.29) is 17.6 Å². The minimum absolute atomic E-state index is 0.109. The SMILES string of the molecule is CC1CN(C(=O)c2ccc(Sc3nncn3C)c([N+](=O)[O-])c2)CCN1. The van der Waals surface area contributed by atoms with Crippen LogP contribution in [0.25, 0.3) is 0 Å². The average Bonchev–Trinajstić information content (AvgIpc) is 2.99. The lowest BCUT2D eigenvalue weighted by Crippen LogP contribution is -2.51. The van der Waals surface area contributed by atoms with Crippen LogP contribution in [0, 0.1) is 10.1 Å². The summed E-state index contributed by atoms with van der Waals surface area (Å²) in [5.41, 5.74) is 0.213. The van der Waals surface area contributed by atoms with Gasteiger partial charge in [0.05, 0.1) is 9.82 Å². The van der Waals surface area contributed by atoms with Crippen molar-refractivity contribution in [3.05, 3.63) is 40.2 Å². The van der Waals surface area contributed by atoms with Gasteiger partial charge in [-0.05, 0) is 30.8 Å². The van der Waals surface area contributed by atoms with Gasteiger partial charge in [-0.1, -0.05) is 0 Å². The van der Waals surface area contributed by atoms with Gasteiger partial charge in [0.1, 0.15) is 6.33 Å². The van der Waals surface area contributed by atoms with Crippen LogP contribution in [0.4, 0.5) is 5.69 Å². The number of aryl methyl sites for hydroxylation is 1. The first-order valence-corrected chi connectivity index (χ1v) is 8.60. The highest BCUT2D eigenvalue weighted by atomic mass is 32.2. The molecule has 1 unspecified atom stereocenters. The minimum atomic E-state index is -0.476. The molecule has 1 atom stereocenters. The molecule has 1 aromatic heterocycles. The molecular formula is C15H18N6O3S. The number of rotatable bonds is 4. The second kappa shape index (κ2) is 7.19. The van der Waals surface area contributed by atoms with Crippen LogP contribution in [0.1, 0.15) is 17.3 Å². The minimum Gasteiger partial charge on any atom is -0.336 e. The van der Waals surface area contributed by atoms with Gasteiger partial charge in [-0.2, -0.15) is 0 Å². The van der Waals surface area contributed by atoms with Crippen LogP contribution in [-0.4, -0.2) is 56.2 Å². The van der Waals surface area contributed by atoms with E-state index in [0.29, 0.717) is 28.7 Å². The lowest BCUT2D eigenvalue weighted by molar-refractivity contribution is -0.387. The van der Waals surface area contributed by atoms with Crippen molar-refractivity contribution < 1.29 is 9.72 Å². The Kier molecular flexibility index (Phi) is 5.00. The van der Waals surface area contributed by atoms with Crippen molar-refractivity contribution in [3.63, 3.8) is 0 Å². The maximum absolute atomic E-state index is 12.6. The Balaban J connectivity index is 1.87. The van der Waals surface area contributed by atoms with Crippen molar-refractivity contribution in [2.75, 3.05) is 19.6 Å². The van der Waals surface area contributed by atoms with Crippen LogP contribution in [-0.2, 0) is 7.05 Å². The molecule has 1 N–H and O–H groups in total. The smallest absolute Gasteiger partial charge is 0.284 e. The van der Waals surface area contributed by atoms with Crippen LogP contribution in [0.5, 0.6) is 0 Å². The number of benzene rings is 1. The lowest BCUT2D eigenvalue weighted by atomic mass is 10.1. The summed E-state index contributed by atoms with van der Waals surface area (Å²) in [5.74, 6) is -0.188. The van der Waals surface area contributed by atoms with E-state index >= 15 is 0 Å². The summed E-state index contributed by atoms with van der Waals surface area (Å²) in [6.07, 6.45) is 1.53. The van der Waals surface area contributed by atoms with E-state index in [2.05, 4.69) is 15.5 Å². The third kappa shape index (κ3) is 3.80. The molecule has 1 fully saturated rings. The summed E-state index contributed by atoms with van der Waals surface area (Å²) >= 11 is 1.15. The van der Waals surface area contributed by atoms with Crippen molar-refractivity contribution in [1.29, 1.82) is 0 Å². The van der Waals surface area contributed by atoms with E-state index in [9.17, 15) is 14.9 Å². The van der Waals surface area contributed by atoms with Gasteiger partial charge < -0.3 is 14.8 Å². The average molecular weight is 362 g/mol. The first-order chi connectivity index (χ1) is 12.0. The number of nitrogens with zero attached hydrogens (tertiary/aromatic N) is 5. The Morgan fingerprint density at radius 1 is 1.48 bits per heavy atom. The molecule has 10 heteroatoms. The molecule has 0 radical (unpaired) electrons. The molecule has 132 valence electrons. The second-order valence-electron chi connectivity index (χ2n) is 5.87. The van der Waals surface area contributed by atoms with Gasteiger partial charge in [0.15, 0.2) is 5.16 Å². The predicted molar refractivity (Wildman–Crippen MR) is 91.6 cm³/mol. The van der Waals surface area contributed by atoms with Gasteiger partial charge in [0.25, 0.3) is 11.6 Å². The van der Waals surface area contributed by atoms with E-state index in [4.69, 9.17) is 0 Å². The highest BCUT2D eigenvalue weighted by Gasteiger charge is 2.25. The molecule has 1 aromatic carbocycles. The summed E-state index contributed by atoms with van der Waals surface area (Å²) in [5, 5.41) is 22.9. The molecule has 2 aromatic rings. The highest BCUT2D eigenvalue weighted by Crippen LogP contribution is 2.34. The normalized spacial score (nSPS) is 17.5. The first kappa shape index (κ1) is 17.4. The van der Waals surface area contributed by atoms with E-state index in [0.717, 1.165) is 18.3 Å². The van der Waals surface area contributed by atoms with Crippen LogP contribution in [0.2, 0.25) is 0 Å². The molecule has 1 aliphatic heterocycles. The predicted octanol–water partition coefficient (Wildman–Crippen LogP) is 1.31. The van der Waals surface area contributed by atoms with E-state index < -0.39 is 4.92 Å². The summed E-state index contributed by atoms with van der Waals surface area (Å²) in [4.78, 5) is 25.8. The fraction of sp³-hybridized carbons (Fsp3) is 0.400. The number of nitro benzene ring substituents is 1. The molecule has 3 rings (SSSR count). The molecule has 9 nitrogen and oxygen atoms in total. The zero-order valence-corrected chi connectivity index (χ0v) is 14.7. The molecule has 0 aliphatic carbocycles. The Morgan fingerprint density at radius 2 is 2.28 bits per heavy atom. The first-order valence-electron chi connectivity index (χ1n) is 7.78. The van der Waals surface area contributed by atoms with Crippen molar-refractivity contribution in [2.24, 2.45) is 7.05 Å². The van der Waals surface area contributed by atoms with E-state index in [1.165, 1.54) is 12.4 Å². The zero-order chi connectivity index (χ0) is 18.0. The number of amides is 1. The quantitative estimate of drug-likeness (QED) is 0.645. The highest BCUT2D eigenvalue weighted by molar-refractivity contribution is 7.99. The summed E-state index contributed by atoms with van der Waals surface area (Å²) in [6, 6.07) is 4.77. The van der Waals surface area contributed by atoms with Crippen LogP contribution >= 0.6 is 11.8 Å². The van der Waals surface area contributed by atoms with Gasteiger partial charge >= 0.3 is 0 Å². The van der Waals surface area contributed by atoms with Crippen molar-refractivity contribution >= 4 is 23.4 Å². The van der Waals surface area contributed by atoms with Gasteiger partial charge in [0.2, 0.25) is 0 Å². The summed E-state index contributed by atoms with van der Waals surface area (Å²) in [6.45, 7) is 3.89. The number of hydrogen-bond donors (Lipinski definition) is 1. The molecular weight excluding hydrogens is 344 g/mol. The van der Waals surface area contributed by atoms with Crippen molar-refractivity contribution in [2.45, 2.75) is 23.0 Å². The fourth-order valence-corrected chi connectivity index (χ4v) is 3.49. The zero-order valence-electron chi connectivity index (χ0n) is 13.9. The number of hydrogen-bond acceptors (Lipinski definition) is 7. The molecule has 25 heavy (non-hydrogen) atoms. The molecule has 0 saturated carbocycles. The number of nitrogens with one attached hydrogen (secondary N) is 1. The molecule has 0 spiro atoms. The Morgan fingerprint density at radius 3 is 2.92 bits per heavy atom. The van der Waals surface area contributed by atoms with Gasteiger partial charge in [0, 0.05) is 44.4 Å². The maximum Gasteiger partial charge on any atom is 0.284 e. The largest absolute Gasteiger partial charge is 0.336 e. The Hall–Kier alpha value is -2.46. The molecule has 1 aliphatic rings. The topological polar surface area (TPSA) is 106 Å². The van der Waals surface area contributed by atoms with Crippen LogP contribution in [0.15, 0.2) is 34.6 Å². The molecule has 0 bridgehead atoms. The number of carbonyl (C=O) groups is 1. The summed E-state index contributed by atoms with van der Waals surface area (Å²) in [7, 11) is 1.76. The monoisotopic (exact) mass is 362 g/mol. The molecule has 1 saturated heterocycles. The summed E-state index contributed by atoms with van der Waals surface area (Å²) < 4.78 is 1.68. The maximum atomic E-state index is 12.6. The van der Waals surface area contributed by atoms with E-state index in [1.54, 1.807) is 28.6 Å². The number of aromatic nitrogens is 3. The van der Waals surface area contributed by atoms with Crippen LogP contribution < -0.4 is 5.32 Å². The third-order valence-corrected chi connectivity index (χ3v) is 5.05. The standard InChI is InChI=1S/C15H18N6O3S/c1-10-8-20(6-5-16-10)14(22)11-3-4-13(12(7-11)21(23)24)25-15-18-17-9-19(15)2/h3-4,7,9-10,16H,5-6,8H2,1-2H3. The van der Waals surface area contributed by atoms with Gasteiger partial charge in [-0.25, -0.2) is 0 Å². The number of carbonyl (C=O) groups excluding carboxylic acids is 1. The van der Waals surface area contributed by atoms with E-state index in [1.807, 2.05) is 6.92 Å². The molecule has 1 amide bonds. The third-order valence-electron chi connectivity index (χ3n) is 3.93.